The van der Waals surface area contributed by atoms with E-state index in [0.29, 0.717) is 11.1 Å². The van der Waals surface area contributed by atoms with Crippen LogP contribution in [0.3, 0.4) is 0 Å². The number of hydrogen-bond acceptors (Lipinski definition) is 0. The lowest BCUT2D eigenvalue weighted by Crippen LogP contribution is -2.04. The van der Waals surface area contributed by atoms with Gasteiger partial charge in [0.05, 0.1) is 5.56 Å². The lowest BCUT2D eigenvalue weighted by molar-refractivity contribution is -0.137. The lowest BCUT2D eigenvalue weighted by atomic mass is 10.0. The zero-order chi connectivity index (χ0) is 24.3. The molecule has 32 heavy (non-hydrogen) atoms. The zero-order valence-electron chi connectivity index (χ0n) is 19.7. The molecule has 0 bridgehead atoms. The second-order valence-electron chi connectivity index (χ2n) is 7.24. The van der Waals surface area contributed by atoms with Crippen molar-refractivity contribution in [2.75, 3.05) is 0 Å². The molecule has 1 aromatic heterocycles. The highest BCUT2D eigenvalue weighted by atomic mass is 19.4. The summed E-state index contributed by atoms with van der Waals surface area (Å²) in [4.78, 5) is 3.48. The average Bonchev–Trinajstić information content (AvgIpc) is 3.17. The first-order valence-electron chi connectivity index (χ1n) is 10.9. The van der Waals surface area contributed by atoms with Gasteiger partial charge in [0.25, 0.3) is 0 Å². The standard InChI is InChI=1S/C26H28F3N.C2H6/c1-6-9-21(25-17-23(18(3)4)24(30-25)10-7-2)15-19(5)13-14-20-11-8-12-22(16-20)26(27,28)29;1-2/h6,8-9,11-17,30H,3,5,7,10H2,1-2,4H3;1-2H3/b9-6-,14-13+,21-15+;. The topological polar surface area (TPSA) is 15.8 Å². The predicted octanol–water partition coefficient (Wildman–Crippen LogP) is 9.27. The third-order valence-corrected chi connectivity index (χ3v) is 4.56. The van der Waals surface area contributed by atoms with Crippen molar-refractivity contribution in [2.24, 2.45) is 0 Å². The summed E-state index contributed by atoms with van der Waals surface area (Å²) < 4.78 is 38.7. The smallest absolute Gasteiger partial charge is 0.358 e. The number of aryl methyl sites for hydroxylation is 1. The summed E-state index contributed by atoms with van der Waals surface area (Å²) in [6.45, 7) is 18.2. The fourth-order valence-corrected chi connectivity index (χ4v) is 3.15. The van der Waals surface area contributed by atoms with E-state index in [9.17, 15) is 13.2 Å². The van der Waals surface area contributed by atoms with Crippen molar-refractivity contribution in [3.63, 3.8) is 0 Å². The molecule has 0 aliphatic rings. The molecule has 1 N–H and O–H groups in total. The van der Waals surface area contributed by atoms with E-state index in [4.69, 9.17) is 0 Å². The molecule has 1 nitrogen and oxygen atoms in total. The van der Waals surface area contributed by atoms with E-state index in [1.807, 2.05) is 45.9 Å². The summed E-state index contributed by atoms with van der Waals surface area (Å²) in [5, 5.41) is 0. The van der Waals surface area contributed by atoms with Gasteiger partial charge < -0.3 is 4.98 Å². The fourth-order valence-electron chi connectivity index (χ4n) is 3.15. The minimum absolute atomic E-state index is 0.474. The Balaban J connectivity index is 0.00000249. The van der Waals surface area contributed by atoms with Gasteiger partial charge in [-0.05, 0) is 72.4 Å². The summed E-state index contributed by atoms with van der Waals surface area (Å²) in [6.07, 6.45) is 6.78. The van der Waals surface area contributed by atoms with Crippen LogP contribution in [-0.2, 0) is 12.6 Å². The molecule has 0 atom stereocenters. The van der Waals surface area contributed by atoms with Gasteiger partial charge in [-0.1, -0.05) is 76.8 Å². The van der Waals surface area contributed by atoms with Gasteiger partial charge in [-0.15, -0.1) is 0 Å². The molecule has 0 aliphatic carbocycles. The molecule has 0 unspecified atom stereocenters. The summed E-state index contributed by atoms with van der Waals surface area (Å²) in [6, 6.07) is 7.31. The normalized spacial score (nSPS) is 12.2. The Labute approximate surface area is 190 Å². The zero-order valence-corrected chi connectivity index (χ0v) is 19.7. The van der Waals surface area contributed by atoms with Gasteiger partial charge in [0.2, 0.25) is 0 Å². The molecule has 4 heteroatoms. The quantitative estimate of drug-likeness (QED) is 0.393. The minimum atomic E-state index is -4.36. The Kier molecular flexibility index (Phi) is 10.8. The Hall–Kier alpha value is -3.01. The highest BCUT2D eigenvalue weighted by molar-refractivity contribution is 5.78. The van der Waals surface area contributed by atoms with E-state index < -0.39 is 11.7 Å². The second kappa shape index (κ2) is 12.7. The molecule has 1 heterocycles. The Morgan fingerprint density at radius 2 is 1.78 bits per heavy atom. The van der Waals surface area contributed by atoms with Crippen LogP contribution in [0, 0.1) is 0 Å². The van der Waals surface area contributed by atoms with Gasteiger partial charge in [0.15, 0.2) is 0 Å². The maximum atomic E-state index is 12.9. The van der Waals surface area contributed by atoms with Crippen LogP contribution in [0.15, 0.2) is 73.4 Å². The molecule has 0 radical (unpaired) electrons. The second-order valence-corrected chi connectivity index (χ2v) is 7.24. The van der Waals surface area contributed by atoms with Crippen LogP contribution in [0.4, 0.5) is 13.2 Å². The van der Waals surface area contributed by atoms with Crippen molar-refractivity contribution in [1.29, 1.82) is 0 Å². The van der Waals surface area contributed by atoms with Crippen LogP contribution < -0.4 is 0 Å². The number of aromatic nitrogens is 1. The SMILES string of the molecule is C=C(/C=C/c1cccc(C(F)(F)F)c1)/C=C(\C=C/C)c1cc(C(=C)C)c(CCC)[nH]1.CC. The number of allylic oxidation sites excluding steroid dienone is 7. The van der Waals surface area contributed by atoms with Crippen molar-refractivity contribution in [2.45, 2.75) is 53.6 Å². The van der Waals surface area contributed by atoms with Crippen LogP contribution >= 0.6 is 0 Å². The molecule has 2 rings (SSSR count). The van der Waals surface area contributed by atoms with Gasteiger partial charge in [-0.25, -0.2) is 0 Å². The number of rotatable bonds is 8. The van der Waals surface area contributed by atoms with Crippen molar-refractivity contribution in [3.8, 4) is 0 Å². The van der Waals surface area contributed by atoms with Crippen molar-refractivity contribution >= 4 is 17.2 Å². The summed E-state index contributed by atoms with van der Waals surface area (Å²) in [5.74, 6) is 0. The monoisotopic (exact) mass is 441 g/mol. The van der Waals surface area contributed by atoms with E-state index in [1.165, 1.54) is 6.07 Å². The Morgan fingerprint density at radius 3 is 2.34 bits per heavy atom. The molecule has 0 amide bonds. The summed E-state index contributed by atoms with van der Waals surface area (Å²) in [5.41, 5.74) is 5.68. The van der Waals surface area contributed by atoms with Gasteiger partial charge in [-0.2, -0.15) is 13.2 Å². The largest absolute Gasteiger partial charge is 0.416 e. The molecule has 0 aliphatic heterocycles. The van der Waals surface area contributed by atoms with Crippen molar-refractivity contribution < 1.29 is 13.2 Å². The van der Waals surface area contributed by atoms with Crippen LogP contribution in [-0.4, -0.2) is 4.98 Å². The average molecular weight is 442 g/mol. The van der Waals surface area contributed by atoms with E-state index in [1.54, 1.807) is 18.2 Å². The number of hydrogen-bond donors (Lipinski definition) is 1. The highest BCUT2D eigenvalue weighted by Gasteiger charge is 2.30. The first-order chi connectivity index (χ1) is 15.2. The fraction of sp³-hybridized carbons (Fsp3) is 0.286. The van der Waals surface area contributed by atoms with E-state index in [0.717, 1.165) is 53.1 Å². The van der Waals surface area contributed by atoms with Gasteiger partial charge in [0, 0.05) is 11.4 Å². The van der Waals surface area contributed by atoms with E-state index in [2.05, 4.69) is 31.1 Å². The molecule has 0 fully saturated rings. The molecular weight excluding hydrogens is 407 g/mol. The number of H-pyrrole nitrogens is 1. The number of aromatic amines is 1. The number of alkyl halides is 3. The van der Waals surface area contributed by atoms with Crippen molar-refractivity contribution in [3.05, 3.63) is 101 Å². The predicted molar refractivity (Wildman–Crippen MR) is 133 cm³/mol. The molecular formula is C28H34F3N. The summed E-state index contributed by atoms with van der Waals surface area (Å²) in [7, 11) is 0. The van der Waals surface area contributed by atoms with Gasteiger partial charge in [-0.3, -0.25) is 0 Å². The van der Waals surface area contributed by atoms with Gasteiger partial charge in [0.1, 0.15) is 0 Å². The maximum Gasteiger partial charge on any atom is 0.416 e. The van der Waals surface area contributed by atoms with Crippen LogP contribution in [0.2, 0.25) is 0 Å². The van der Waals surface area contributed by atoms with Crippen LogP contribution in [0.25, 0.3) is 17.2 Å². The Morgan fingerprint density at radius 1 is 1.09 bits per heavy atom. The van der Waals surface area contributed by atoms with E-state index >= 15 is 0 Å². The third kappa shape index (κ3) is 7.92. The first kappa shape index (κ1) is 27.0. The molecule has 172 valence electrons. The van der Waals surface area contributed by atoms with Crippen molar-refractivity contribution in [1.82, 2.24) is 4.98 Å². The third-order valence-electron chi connectivity index (χ3n) is 4.56. The first-order valence-corrected chi connectivity index (χ1v) is 10.9. The molecule has 1 aromatic carbocycles. The maximum absolute atomic E-state index is 12.9. The summed E-state index contributed by atoms with van der Waals surface area (Å²) >= 11 is 0. The van der Waals surface area contributed by atoms with Crippen LogP contribution in [0.1, 0.15) is 69.1 Å². The molecule has 0 saturated carbocycles. The molecule has 0 saturated heterocycles. The minimum Gasteiger partial charge on any atom is -0.358 e. The van der Waals surface area contributed by atoms with Crippen LogP contribution in [0.5, 0.6) is 0 Å². The number of benzene rings is 1. The number of halogens is 3. The number of nitrogens with one attached hydrogen (secondary N) is 1. The van der Waals surface area contributed by atoms with Gasteiger partial charge >= 0.3 is 6.18 Å². The van der Waals surface area contributed by atoms with E-state index in [-0.39, 0.29) is 0 Å². The molecule has 0 spiro atoms. The Bertz CT molecular complexity index is 998. The lowest BCUT2D eigenvalue weighted by Gasteiger charge is -2.06. The molecule has 2 aromatic rings. The highest BCUT2D eigenvalue weighted by Crippen LogP contribution is 2.30.